The lowest BCUT2D eigenvalue weighted by atomic mass is 9.94. The van der Waals surface area contributed by atoms with Gasteiger partial charge in [0.2, 0.25) is 17.7 Å². The maximum Gasteiger partial charge on any atom is 0.243 e. The highest BCUT2D eigenvalue weighted by atomic mass is 16.2. The number of ketones is 1. The number of hydrogen-bond acceptors (Lipinski definition) is 4. The molecule has 1 aliphatic heterocycles. The lowest BCUT2D eigenvalue weighted by molar-refractivity contribution is -0.152. The van der Waals surface area contributed by atoms with Crippen LogP contribution in [0.4, 0.5) is 0 Å². The van der Waals surface area contributed by atoms with E-state index < -0.39 is 12.1 Å². The Morgan fingerprint density at radius 2 is 1.64 bits per heavy atom. The van der Waals surface area contributed by atoms with E-state index in [-0.39, 0.29) is 35.3 Å². The van der Waals surface area contributed by atoms with Crippen LogP contribution in [0.2, 0.25) is 0 Å². The predicted octanol–water partition coefficient (Wildman–Crippen LogP) is 2.24. The third kappa shape index (κ3) is 6.91. The molecule has 1 N–H and O–H groups in total. The first-order valence-electron chi connectivity index (χ1n) is 10.5. The summed E-state index contributed by atoms with van der Waals surface area (Å²) in [5.74, 6) is -0.822. The maximum absolute atomic E-state index is 12.7. The summed E-state index contributed by atoms with van der Waals surface area (Å²) in [5.41, 5.74) is 0. The molecule has 1 aliphatic rings. The van der Waals surface area contributed by atoms with Crippen LogP contribution in [0.1, 0.15) is 67.7 Å². The summed E-state index contributed by atoms with van der Waals surface area (Å²) in [5, 5.41) is 2.80. The number of nitrogens with zero attached hydrogens (tertiary/aromatic N) is 2. The van der Waals surface area contributed by atoms with E-state index in [2.05, 4.69) is 5.32 Å². The van der Waals surface area contributed by atoms with Crippen LogP contribution in [-0.2, 0) is 19.2 Å². The molecule has 7 heteroatoms. The van der Waals surface area contributed by atoms with Crippen LogP contribution in [0.5, 0.6) is 0 Å². The van der Waals surface area contributed by atoms with Gasteiger partial charge in [-0.1, -0.05) is 48.0 Å². The van der Waals surface area contributed by atoms with Gasteiger partial charge in [-0.15, -0.1) is 0 Å². The van der Waals surface area contributed by atoms with Crippen molar-refractivity contribution in [2.75, 3.05) is 20.1 Å². The van der Waals surface area contributed by atoms with Crippen molar-refractivity contribution in [2.45, 2.75) is 79.8 Å². The van der Waals surface area contributed by atoms with E-state index in [0.717, 1.165) is 6.42 Å². The van der Waals surface area contributed by atoms with Gasteiger partial charge in [-0.3, -0.25) is 19.2 Å². The SMILES string of the molecule is CC.CCCC(NC(=O)C(C(C)C)N(C)C(=O)C1CN(C(=O)CC)C1)C(C)=O. The van der Waals surface area contributed by atoms with Crippen molar-refractivity contribution in [3.63, 3.8) is 0 Å². The average Bonchev–Trinajstić information content (AvgIpc) is 2.60. The number of carbonyl (C=O) groups excluding carboxylic acids is 4. The number of amides is 3. The molecule has 28 heavy (non-hydrogen) atoms. The van der Waals surface area contributed by atoms with Crippen molar-refractivity contribution in [1.82, 2.24) is 15.1 Å². The average molecular weight is 398 g/mol. The van der Waals surface area contributed by atoms with Gasteiger partial charge in [-0.05, 0) is 19.3 Å². The largest absolute Gasteiger partial charge is 0.345 e. The minimum Gasteiger partial charge on any atom is -0.345 e. The summed E-state index contributed by atoms with van der Waals surface area (Å²) in [6.45, 7) is 13.8. The molecule has 0 aromatic heterocycles. The summed E-state index contributed by atoms with van der Waals surface area (Å²) in [4.78, 5) is 52.0. The summed E-state index contributed by atoms with van der Waals surface area (Å²) in [6, 6.07) is -1.16. The molecular weight excluding hydrogens is 358 g/mol. The molecule has 1 saturated heterocycles. The Labute approximate surface area is 170 Å². The lowest BCUT2D eigenvalue weighted by Gasteiger charge is -2.42. The minimum absolute atomic E-state index is 0.0405. The van der Waals surface area contributed by atoms with Gasteiger partial charge in [0, 0.05) is 26.6 Å². The number of likely N-dealkylation sites (tertiary alicyclic amines) is 1. The number of rotatable bonds is 9. The highest BCUT2D eigenvalue weighted by Crippen LogP contribution is 2.21. The molecule has 1 heterocycles. The van der Waals surface area contributed by atoms with Crippen LogP contribution in [0.15, 0.2) is 0 Å². The monoisotopic (exact) mass is 397 g/mol. The van der Waals surface area contributed by atoms with E-state index in [1.165, 1.54) is 11.8 Å². The first-order chi connectivity index (χ1) is 13.1. The van der Waals surface area contributed by atoms with Gasteiger partial charge in [0.25, 0.3) is 0 Å². The van der Waals surface area contributed by atoms with Gasteiger partial charge < -0.3 is 15.1 Å². The van der Waals surface area contributed by atoms with Crippen molar-refractivity contribution in [3.8, 4) is 0 Å². The highest BCUT2D eigenvalue weighted by Gasteiger charge is 2.40. The lowest BCUT2D eigenvalue weighted by Crippen LogP contribution is -2.60. The topological polar surface area (TPSA) is 86.8 Å². The third-order valence-corrected chi connectivity index (χ3v) is 4.94. The second-order valence-corrected chi connectivity index (χ2v) is 7.45. The molecule has 7 nitrogen and oxygen atoms in total. The summed E-state index contributed by atoms with van der Waals surface area (Å²) in [6.07, 6.45) is 1.80. The first kappa shape index (κ1) is 26.1. The second kappa shape index (κ2) is 12.5. The molecule has 3 amide bonds. The van der Waals surface area contributed by atoms with E-state index in [0.29, 0.717) is 25.9 Å². The van der Waals surface area contributed by atoms with E-state index in [1.807, 2.05) is 34.6 Å². The Hall–Kier alpha value is -1.92. The molecule has 1 fully saturated rings. The molecule has 1 rings (SSSR count). The fourth-order valence-electron chi connectivity index (χ4n) is 3.34. The number of carbonyl (C=O) groups is 4. The third-order valence-electron chi connectivity index (χ3n) is 4.94. The molecule has 2 unspecified atom stereocenters. The first-order valence-corrected chi connectivity index (χ1v) is 10.5. The molecular formula is C21H39N3O4. The smallest absolute Gasteiger partial charge is 0.243 e. The Bertz CT molecular complexity index is 542. The molecule has 0 radical (unpaired) electrons. The van der Waals surface area contributed by atoms with Gasteiger partial charge in [0.05, 0.1) is 12.0 Å². The van der Waals surface area contributed by atoms with Crippen LogP contribution >= 0.6 is 0 Å². The van der Waals surface area contributed by atoms with E-state index in [4.69, 9.17) is 0 Å². The molecule has 0 aliphatic carbocycles. The quantitative estimate of drug-likeness (QED) is 0.646. The number of likely N-dealkylation sites (N-methyl/N-ethyl adjacent to an activating group) is 1. The Morgan fingerprint density at radius 3 is 2.04 bits per heavy atom. The molecule has 0 saturated carbocycles. The molecule has 0 aromatic rings. The van der Waals surface area contributed by atoms with Crippen molar-refractivity contribution in [3.05, 3.63) is 0 Å². The Kier molecular flexibility index (Phi) is 11.7. The van der Waals surface area contributed by atoms with E-state index >= 15 is 0 Å². The van der Waals surface area contributed by atoms with Gasteiger partial charge >= 0.3 is 0 Å². The summed E-state index contributed by atoms with van der Waals surface area (Å²) < 4.78 is 0. The molecule has 0 aromatic carbocycles. The standard InChI is InChI=1S/C19H33N3O4.C2H6/c1-7-9-15(13(5)23)20-18(25)17(12(3)4)21(6)19(26)14-10-22(11-14)16(24)8-2;1-2/h12,14-15,17H,7-11H2,1-6H3,(H,20,25);1-2H3. The van der Waals surface area contributed by atoms with Gasteiger partial charge in [-0.2, -0.15) is 0 Å². The fraction of sp³-hybridized carbons (Fsp3) is 0.810. The Morgan fingerprint density at radius 1 is 1.11 bits per heavy atom. The zero-order chi connectivity index (χ0) is 22.0. The van der Waals surface area contributed by atoms with Crippen LogP contribution < -0.4 is 5.32 Å². The number of hydrogen-bond donors (Lipinski definition) is 1. The van der Waals surface area contributed by atoms with Gasteiger partial charge in [-0.25, -0.2) is 0 Å². The van der Waals surface area contributed by atoms with Gasteiger partial charge in [0.15, 0.2) is 5.78 Å². The molecule has 162 valence electrons. The van der Waals surface area contributed by atoms with Crippen LogP contribution in [0.3, 0.4) is 0 Å². The highest BCUT2D eigenvalue weighted by molar-refractivity contribution is 5.93. The fourth-order valence-corrected chi connectivity index (χ4v) is 3.34. The van der Waals surface area contributed by atoms with Gasteiger partial charge in [0.1, 0.15) is 6.04 Å². The number of nitrogens with one attached hydrogen (secondary N) is 1. The van der Waals surface area contributed by atoms with Crippen molar-refractivity contribution >= 4 is 23.5 Å². The zero-order valence-electron chi connectivity index (χ0n) is 18.9. The van der Waals surface area contributed by atoms with Crippen molar-refractivity contribution in [2.24, 2.45) is 11.8 Å². The van der Waals surface area contributed by atoms with Crippen molar-refractivity contribution in [1.29, 1.82) is 0 Å². The summed E-state index contributed by atoms with van der Waals surface area (Å²) in [7, 11) is 1.62. The predicted molar refractivity (Wildman–Crippen MR) is 111 cm³/mol. The van der Waals surface area contributed by atoms with E-state index in [1.54, 1.807) is 18.9 Å². The molecule has 0 bridgehead atoms. The van der Waals surface area contributed by atoms with E-state index in [9.17, 15) is 19.2 Å². The minimum atomic E-state index is -0.642. The molecule has 0 spiro atoms. The maximum atomic E-state index is 12.7. The number of Topliss-reactive ketones (excluding diaryl/α,β-unsaturated/α-hetero) is 1. The van der Waals surface area contributed by atoms with Crippen LogP contribution in [-0.4, -0.2) is 65.5 Å². The Balaban J connectivity index is 0.00000352. The van der Waals surface area contributed by atoms with Crippen molar-refractivity contribution < 1.29 is 19.2 Å². The molecule has 2 atom stereocenters. The second-order valence-electron chi connectivity index (χ2n) is 7.45. The summed E-state index contributed by atoms with van der Waals surface area (Å²) >= 11 is 0. The normalized spacial score (nSPS) is 15.7. The van der Waals surface area contributed by atoms with Crippen LogP contribution in [0.25, 0.3) is 0 Å². The zero-order valence-corrected chi connectivity index (χ0v) is 18.9. The van der Waals surface area contributed by atoms with Crippen LogP contribution in [0, 0.1) is 11.8 Å².